The van der Waals surface area contributed by atoms with Crippen molar-refractivity contribution in [3.8, 4) is 46.0 Å². The Morgan fingerprint density at radius 2 is 0.539 bits per heavy atom. The van der Waals surface area contributed by atoms with Crippen LogP contribution in [0.15, 0.2) is 103 Å². The van der Waals surface area contributed by atoms with Crippen LogP contribution in [0.1, 0.15) is 186 Å². The van der Waals surface area contributed by atoms with Crippen LogP contribution in [0.25, 0.3) is 0 Å². The normalized spacial score (nSPS) is 12.9. The lowest BCUT2D eigenvalue weighted by Gasteiger charge is -2.31. The number of phenols is 4. The quantitative estimate of drug-likeness (QED) is 0.0213. The molecule has 0 heterocycles. The summed E-state index contributed by atoms with van der Waals surface area (Å²) in [5.74, 6) is -1.80. The van der Waals surface area contributed by atoms with Crippen LogP contribution >= 0.6 is 0 Å². The molecule has 472 valence electrons. The van der Waals surface area contributed by atoms with Crippen LogP contribution in [0.2, 0.25) is 0 Å². The molecule has 8 aromatic carbocycles. The number of hydrogen-bond acceptors (Lipinski definition) is 16. The zero-order valence-electron chi connectivity index (χ0n) is 52.1. The van der Waals surface area contributed by atoms with E-state index in [1.165, 1.54) is 0 Å². The first-order valence-corrected chi connectivity index (χ1v) is 30.1. The third-order valence-electron chi connectivity index (χ3n) is 16.9. The molecule has 8 aromatic rings. The average molecular weight is 1220 g/mol. The van der Waals surface area contributed by atoms with Crippen molar-refractivity contribution >= 4 is 0 Å². The smallest absolute Gasteiger partial charge is 0.126 e. The molecule has 0 spiro atoms. The van der Waals surface area contributed by atoms with Gasteiger partial charge in [-0.05, 0) is 202 Å². The lowest BCUT2D eigenvalue weighted by Crippen LogP contribution is -2.16. The van der Waals surface area contributed by atoms with Gasteiger partial charge in [0, 0.05) is 90.4 Å². The number of aromatic hydroxyl groups is 4. The van der Waals surface area contributed by atoms with E-state index in [2.05, 4.69) is 0 Å². The summed E-state index contributed by atoms with van der Waals surface area (Å²) in [6, 6.07) is 31.5. The monoisotopic (exact) mass is 1220 g/mol. The summed E-state index contributed by atoms with van der Waals surface area (Å²) in [5.41, 5.74) is 11.9. The molecule has 0 amide bonds. The number of aliphatic hydroxyl groups is 8. The summed E-state index contributed by atoms with van der Waals surface area (Å²) in [6.07, 6.45) is 0. The SMILES string of the molecule is CCOc1cc(C)c(C(c2cc(CO)c(O)c(CO)c2)c2cc(C(c3cc(CO)c(O)c(CO)c3)c3cc(C(c4cc(CO)c(O)c(CO)c4)c4ccc(C)cc4OCC)c(C)cc3OCC)c(C)cc2OCC)cc1C(C)c1cc(CO)c(O)c(CO)c1. The van der Waals surface area contributed by atoms with E-state index in [1.54, 1.807) is 48.5 Å². The molecule has 0 saturated carbocycles. The minimum atomic E-state index is -0.873. The van der Waals surface area contributed by atoms with E-state index in [4.69, 9.17) is 18.9 Å². The van der Waals surface area contributed by atoms with E-state index in [0.29, 0.717) is 80.7 Å². The third kappa shape index (κ3) is 13.6. The summed E-state index contributed by atoms with van der Waals surface area (Å²) in [5, 5.41) is 131. The molecule has 16 nitrogen and oxygen atoms in total. The predicted octanol–water partition coefficient (Wildman–Crippen LogP) is 11.0. The largest absolute Gasteiger partial charge is 0.507 e. The fraction of sp³-hybridized carbons (Fsp3) is 0.342. The highest BCUT2D eigenvalue weighted by Gasteiger charge is 2.34. The van der Waals surface area contributed by atoms with E-state index < -0.39 is 76.5 Å². The number of ether oxygens (including phenoxy) is 4. The molecule has 89 heavy (non-hydrogen) atoms. The van der Waals surface area contributed by atoms with Crippen molar-refractivity contribution in [2.45, 2.75) is 139 Å². The topological polar surface area (TPSA) is 280 Å². The Kier molecular flexibility index (Phi) is 22.1. The first kappa shape index (κ1) is 66.8. The van der Waals surface area contributed by atoms with Crippen LogP contribution in [0.4, 0.5) is 0 Å². The van der Waals surface area contributed by atoms with Crippen molar-refractivity contribution in [2.24, 2.45) is 0 Å². The molecule has 0 bridgehead atoms. The predicted molar refractivity (Wildman–Crippen MR) is 340 cm³/mol. The zero-order chi connectivity index (χ0) is 64.5. The second kappa shape index (κ2) is 29.4. The number of benzene rings is 8. The van der Waals surface area contributed by atoms with Crippen LogP contribution in [-0.4, -0.2) is 87.7 Å². The van der Waals surface area contributed by atoms with Crippen LogP contribution in [0, 0.1) is 27.7 Å². The highest BCUT2D eigenvalue weighted by molar-refractivity contribution is 5.65. The Hall–Kier alpha value is -8.16. The van der Waals surface area contributed by atoms with Gasteiger partial charge in [-0.1, -0.05) is 25.1 Å². The maximum absolute atomic E-state index is 11.6. The van der Waals surface area contributed by atoms with Crippen LogP contribution in [-0.2, 0) is 52.9 Å². The van der Waals surface area contributed by atoms with Crippen LogP contribution in [0.5, 0.6) is 46.0 Å². The van der Waals surface area contributed by atoms with E-state index >= 15 is 0 Å². The number of aliphatic hydroxyl groups excluding tert-OH is 8. The van der Waals surface area contributed by atoms with Gasteiger partial charge in [-0.25, -0.2) is 0 Å². The summed E-state index contributed by atoms with van der Waals surface area (Å²) >= 11 is 0. The molecular weight excluding hydrogens is 1130 g/mol. The number of rotatable bonds is 27. The van der Waals surface area contributed by atoms with Crippen molar-refractivity contribution in [1.29, 1.82) is 0 Å². The molecule has 0 aliphatic heterocycles. The molecule has 0 saturated heterocycles. The molecule has 12 N–H and O–H groups in total. The zero-order valence-corrected chi connectivity index (χ0v) is 52.1. The average Bonchev–Trinajstić information content (AvgIpc) is 1.81. The molecular formula is C73H84O16. The van der Waals surface area contributed by atoms with Gasteiger partial charge in [-0.2, -0.15) is 0 Å². The fourth-order valence-electron chi connectivity index (χ4n) is 12.5. The molecule has 0 aliphatic rings. The maximum atomic E-state index is 11.6. The van der Waals surface area contributed by atoms with Gasteiger partial charge in [0.1, 0.15) is 46.0 Å². The highest BCUT2D eigenvalue weighted by Crippen LogP contribution is 2.51. The molecule has 16 heteroatoms. The molecule has 0 aromatic heterocycles. The summed E-state index contributed by atoms with van der Waals surface area (Å²) in [6.45, 7) is 14.0. The molecule has 4 atom stereocenters. The molecule has 8 rings (SSSR count). The van der Waals surface area contributed by atoms with E-state index in [1.807, 2.05) is 117 Å². The fourth-order valence-corrected chi connectivity index (χ4v) is 12.5. The van der Waals surface area contributed by atoms with E-state index in [9.17, 15) is 61.3 Å². The minimum Gasteiger partial charge on any atom is -0.507 e. The van der Waals surface area contributed by atoms with Gasteiger partial charge in [0.25, 0.3) is 0 Å². The molecule has 0 radical (unpaired) electrons. The second-order valence-electron chi connectivity index (χ2n) is 22.5. The van der Waals surface area contributed by atoms with Crippen LogP contribution in [0.3, 0.4) is 0 Å². The Balaban J connectivity index is 1.54. The van der Waals surface area contributed by atoms with Gasteiger partial charge in [0.15, 0.2) is 0 Å². The van der Waals surface area contributed by atoms with Crippen molar-refractivity contribution in [1.82, 2.24) is 0 Å². The van der Waals surface area contributed by atoms with Gasteiger partial charge in [0.05, 0.1) is 79.3 Å². The van der Waals surface area contributed by atoms with Crippen molar-refractivity contribution in [3.05, 3.63) is 231 Å². The van der Waals surface area contributed by atoms with Gasteiger partial charge >= 0.3 is 0 Å². The summed E-state index contributed by atoms with van der Waals surface area (Å²) in [7, 11) is 0. The Morgan fingerprint density at radius 1 is 0.292 bits per heavy atom. The first-order chi connectivity index (χ1) is 42.8. The number of hydrogen-bond donors (Lipinski definition) is 12. The van der Waals surface area contributed by atoms with Gasteiger partial charge < -0.3 is 80.2 Å². The van der Waals surface area contributed by atoms with Gasteiger partial charge in [-0.15, -0.1) is 0 Å². The minimum absolute atomic E-state index is 0.147. The lowest BCUT2D eigenvalue weighted by molar-refractivity contribution is 0.262. The Bertz CT molecular complexity index is 3730. The number of aryl methyl sites for hydroxylation is 4. The van der Waals surface area contributed by atoms with E-state index in [0.717, 1.165) is 38.9 Å². The lowest BCUT2D eigenvalue weighted by atomic mass is 9.74. The van der Waals surface area contributed by atoms with Crippen molar-refractivity contribution < 1.29 is 80.2 Å². The molecule has 0 fully saturated rings. The van der Waals surface area contributed by atoms with Gasteiger partial charge in [-0.3, -0.25) is 0 Å². The molecule has 0 aliphatic carbocycles. The summed E-state index contributed by atoms with van der Waals surface area (Å²) in [4.78, 5) is 0. The maximum Gasteiger partial charge on any atom is 0.126 e. The van der Waals surface area contributed by atoms with Gasteiger partial charge in [0.2, 0.25) is 0 Å². The standard InChI is InChI=1S/C73H84O16/c1-10-86-63-16-39(5)14-15-56(63)67(45-22-50(33-76)71(83)51(23-45)34-77)58-29-61(65(88-12-3)18-41(58)7)69(47-26-54(37-80)73(85)55(27-47)38-81)59-30-62(66(89-13-4)19-42(59)8)68(46-24-52(35-78)72(84)53(25-46)36-79)57-28-60(64(87-11-2)17-40(57)6)43(9)44-20-48(31-74)70(82)49(21-44)32-75/h14-30,43,67-69,74-85H,10-13,31-38H2,1-9H3. The van der Waals surface area contributed by atoms with Crippen molar-refractivity contribution in [3.63, 3.8) is 0 Å². The first-order valence-electron chi connectivity index (χ1n) is 30.1. The highest BCUT2D eigenvalue weighted by atomic mass is 16.5. The third-order valence-corrected chi connectivity index (χ3v) is 16.9. The Labute approximate surface area is 520 Å². The van der Waals surface area contributed by atoms with E-state index in [-0.39, 0.29) is 80.7 Å². The van der Waals surface area contributed by atoms with Crippen LogP contribution < -0.4 is 18.9 Å². The second-order valence-corrected chi connectivity index (χ2v) is 22.5. The Morgan fingerprint density at radius 3 is 0.820 bits per heavy atom. The molecule has 4 unspecified atom stereocenters. The summed E-state index contributed by atoms with van der Waals surface area (Å²) < 4.78 is 26.2. The van der Waals surface area contributed by atoms with Crippen molar-refractivity contribution in [2.75, 3.05) is 26.4 Å².